The fraction of sp³-hybridized carbons (Fsp3) is 0.357. The van der Waals surface area contributed by atoms with E-state index in [2.05, 4.69) is 41.2 Å². The Labute approximate surface area is 112 Å². The molecule has 0 saturated heterocycles. The summed E-state index contributed by atoms with van der Waals surface area (Å²) in [5.74, 6) is 2.05. The molecule has 0 aliphatic rings. The van der Waals surface area contributed by atoms with Gasteiger partial charge in [-0.15, -0.1) is 11.8 Å². The minimum Gasteiger partial charge on any atom is -0.342 e. The van der Waals surface area contributed by atoms with Crippen LogP contribution >= 0.6 is 11.8 Å². The highest BCUT2D eigenvalue weighted by Crippen LogP contribution is 2.23. The first-order valence-corrected chi connectivity index (χ1v) is 7.20. The quantitative estimate of drug-likeness (QED) is 0.813. The zero-order chi connectivity index (χ0) is 13.0. The van der Waals surface area contributed by atoms with Crippen LogP contribution < -0.4 is 5.73 Å². The highest BCUT2D eigenvalue weighted by molar-refractivity contribution is 7.99. The van der Waals surface area contributed by atoms with E-state index in [1.54, 1.807) is 0 Å². The fourth-order valence-corrected chi connectivity index (χ4v) is 2.48. The summed E-state index contributed by atoms with van der Waals surface area (Å²) in [6.07, 6.45) is 2.66. The minimum absolute atomic E-state index is 0.132. The molecule has 0 saturated carbocycles. The molecule has 0 spiro atoms. The summed E-state index contributed by atoms with van der Waals surface area (Å²) in [6, 6.07) is 8.68. The number of nitrogens with zero attached hydrogens (tertiary/aromatic N) is 1. The molecule has 2 rings (SSSR count). The number of H-pyrrole nitrogens is 1. The van der Waals surface area contributed by atoms with Crippen molar-refractivity contribution in [3.05, 3.63) is 36.3 Å². The summed E-state index contributed by atoms with van der Waals surface area (Å²) in [5, 5.41) is 0. The third kappa shape index (κ3) is 3.37. The molecule has 0 bridgehead atoms. The van der Waals surface area contributed by atoms with Crippen molar-refractivity contribution in [2.75, 3.05) is 5.75 Å². The van der Waals surface area contributed by atoms with Gasteiger partial charge in [0.15, 0.2) is 0 Å². The molecule has 0 aliphatic heterocycles. The van der Waals surface area contributed by atoms with E-state index in [0.29, 0.717) is 0 Å². The van der Waals surface area contributed by atoms with Gasteiger partial charge in [-0.2, -0.15) is 0 Å². The van der Waals surface area contributed by atoms with Gasteiger partial charge in [-0.25, -0.2) is 4.98 Å². The van der Waals surface area contributed by atoms with E-state index in [-0.39, 0.29) is 6.04 Å². The molecule has 0 aliphatic carbocycles. The minimum atomic E-state index is 0.132. The van der Waals surface area contributed by atoms with Crippen molar-refractivity contribution in [1.29, 1.82) is 0 Å². The zero-order valence-electron chi connectivity index (χ0n) is 10.8. The van der Waals surface area contributed by atoms with Crippen LogP contribution in [0.1, 0.15) is 19.7 Å². The van der Waals surface area contributed by atoms with Gasteiger partial charge in [-0.1, -0.05) is 19.1 Å². The molecule has 3 nitrogen and oxygen atoms in total. The largest absolute Gasteiger partial charge is 0.342 e. The lowest BCUT2D eigenvalue weighted by atomic mass is 10.2. The maximum absolute atomic E-state index is 5.76. The predicted molar refractivity (Wildman–Crippen MR) is 77.8 cm³/mol. The molecule has 18 heavy (non-hydrogen) atoms. The predicted octanol–water partition coefficient (Wildman–Crippen LogP) is 3.08. The number of rotatable bonds is 5. The molecule has 2 aromatic rings. The smallest absolute Gasteiger partial charge is 0.108 e. The third-order valence-electron chi connectivity index (χ3n) is 2.62. The van der Waals surface area contributed by atoms with Crippen molar-refractivity contribution in [3.8, 4) is 11.3 Å². The molecule has 96 valence electrons. The number of nitrogens with one attached hydrogen (secondary N) is 1. The van der Waals surface area contributed by atoms with E-state index in [0.717, 1.165) is 23.7 Å². The SMILES string of the molecule is CCSc1ccc(-c2cnc(CC(C)N)[nH]2)cc1. The van der Waals surface area contributed by atoms with Crippen LogP contribution in [-0.2, 0) is 6.42 Å². The first kappa shape index (κ1) is 13.2. The second-order valence-corrected chi connectivity index (χ2v) is 5.72. The average Bonchev–Trinajstić information content (AvgIpc) is 2.78. The summed E-state index contributed by atoms with van der Waals surface area (Å²) in [5.41, 5.74) is 7.98. The fourth-order valence-electron chi connectivity index (χ4n) is 1.82. The van der Waals surface area contributed by atoms with Crippen LogP contribution in [0.25, 0.3) is 11.3 Å². The Morgan fingerprint density at radius 1 is 1.33 bits per heavy atom. The summed E-state index contributed by atoms with van der Waals surface area (Å²) in [7, 11) is 0. The van der Waals surface area contributed by atoms with Crippen LogP contribution in [0, 0.1) is 0 Å². The number of aromatic amines is 1. The van der Waals surface area contributed by atoms with E-state index in [9.17, 15) is 0 Å². The van der Waals surface area contributed by atoms with Gasteiger partial charge >= 0.3 is 0 Å². The molecule has 1 aromatic carbocycles. The van der Waals surface area contributed by atoms with Gasteiger partial charge in [0, 0.05) is 17.4 Å². The highest BCUT2D eigenvalue weighted by Gasteiger charge is 2.05. The Hall–Kier alpha value is -1.26. The van der Waals surface area contributed by atoms with Crippen LogP contribution in [0.4, 0.5) is 0 Å². The van der Waals surface area contributed by atoms with Crippen LogP contribution in [-0.4, -0.2) is 21.8 Å². The Bertz CT molecular complexity index is 488. The Morgan fingerprint density at radius 3 is 2.67 bits per heavy atom. The lowest BCUT2D eigenvalue weighted by molar-refractivity contribution is 0.710. The maximum atomic E-state index is 5.76. The number of aromatic nitrogens is 2. The zero-order valence-corrected chi connectivity index (χ0v) is 11.6. The molecule has 4 heteroatoms. The normalized spacial score (nSPS) is 12.6. The number of imidazole rings is 1. The maximum Gasteiger partial charge on any atom is 0.108 e. The molecule has 1 aromatic heterocycles. The number of nitrogens with two attached hydrogens (primary N) is 1. The van der Waals surface area contributed by atoms with Gasteiger partial charge < -0.3 is 10.7 Å². The molecule has 3 N–H and O–H groups in total. The van der Waals surface area contributed by atoms with Gasteiger partial charge in [-0.3, -0.25) is 0 Å². The lowest BCUT2D eigenvalue weighted by Gasteiger charge is -2.02. The van der Waals surface area contributed by atoms with E-state index in [1.807, 2.05) is 24.9 Å². The summed E-state index contributed by atoms with van der Waals surface area (Å²) in [6.45, 7) is 4.15. The molecular weight excluding hydrogens is 242 g/mol. The molecular formula is C14H19N3S. The van der Waals surface area contributed by atoms with Crippen LogP contribution in [0.15, 0.2) is 35.4 Å². The Kier molecular flexibility index (Phi) is 4.44. The third-order valence-corrected chi connectivity index (χ3v) is 3.51. The summed E-state index contributed by atoms with van der Waals surface area (Å²) < 4.78 is 0. The van der Waals surface area contributed by atoms with Gasteiger partial charge in [0.25, 0.3) is 0 Å². The summed E-state index contributed by atoms with van der Waals surface area (Å²) >= 11 is 1.85. The first-order chi connectivity index (χ1) is 8.69. The van der Waals surface area contributed by atoms with Crippen molar-refractivity contribution in [2.24, 2.45) is 5.73 Å². The Balaban J connectivity index is 2.13. The monoisotopic (exact) mass is 261 g/mol. The van der Waals surface area contributed by atoms with Crippen molar-refractivity contribution in [1.82, 2.24) is 9.97 Å². The second-order valence-electron chi connectivity index (χ2n) is 4.38. The first-order valence-electron chi connectivity index (χ1n) is 6.21. The van der Waals surface area contributed by atoms with Gasteiger partial charge in [0.2, 0.25) is 0 Å². The van der Waals surface area contributed by atoms with Crippen molar-refractivity contribution < 1.29 is 0 Å². The molecule has 0 radical (unpaired) electrons. The Morgan fingerprint density at radius 2 is 2.06 bits per heavy atom. The molecule has 0 fully saturated rings. The number of benzene rings is 1. The molecule has 0 amide bonds. The standard InChI is InChI=1S/C14H19N3S/c1-3-18-12-6-4-11(5-7-12)13-9-16-14(17-13)8-10(2)15/h4-7,9-10H,3,8,15H2,1-2H3,(H,16,17). The van der Waals surface area contributed by atoms with Gasteiger partial charge in [0.05, 0.1) is 11.9 Å². The van der Waals surface area contributed by atoms with E-state index in [1.165, 1.54) is 10.5 Å². The van der Waals surface area contributed by atoms with Crippen LogP contribution in [0.2, 0.25) is 0 Å². The van der Waals surface area contributed by atoms with E-state index >= 15 is 0 Å². The van der Waals surface area contributed by atoms with E-state index < -0.39 is 0 Å². The summed E-state index contributed by atoms with van der Waals surface area (Å²) in [4.78, 5) is 8.97. The number of hydrogen-bond donors (Lipinski definition) is 2. The van der Waals surface area contributed by atoms with Crippen LogP contribution in [0.5, 0.6) is 0 Å². The molecule has 1 unspecified atom stereocenters. The van der Waals surface area contributed by atoms with Crippen LogP contribution in [0.3, 0.4) is 0 Å². The lowest BCUT2D eigenvalue weighted by Crippen LogP contribution is -2.18. The second kappa shape index (κ2) is 6.07. The molecule has 1 atom stereocenters. The van der Waals surface area contributed by atoms with Crippen molar-refractivity contribution in [3.63, 3.8) is 0 Å². The van der Waals surface area contributed by atoms with Crippen molar-refractivity contribution >= 4 is 11.8 Å². The highest BCUT2D eigenvalue weighted by atomic mass is 32.2. The average molecular weight is 261 g/mol. The van der Waals surface area contributed by atoms with Gasteiger partial charge in [-0.05, 0) is 30.4 Å². The molecule has 1 heterocycles. The number of thioether (sulfide) groups is 1. The number of hydrogen-bond acceptors (Lipinski definition) is 3. The van der Waals surface area contributed by atoms with Crippen molar-refractivity contribution in [2.45, 2.75) is 31.2 Å². The van der Waals surface area contributed by atoms with E-state index in [4.69, 9.17) is 5.73 Å². The topological polar surface area (TPSA) is 54.7 Å². The van der Waals surface area contributed by atoms with Gasteiger partial charge in [0.1, 0.15) is 5.82 Å².